The lowest BCUT2D eigenvalue weighted by atomic mass is 10.3. The smallest absolute Gasteiger partial charge is 0.0704 e. The van der Waals surface area contributed by atoms with Gasteiger partial charge in [-0.2, -0.15) is 0 Å². The Labute approximate surface area is 102 Å². The Bertz CT molecular complexity index is 91.1. The van der Waals surface area contributed by atoms with E-state index in [-0.39, 0.29) is 0 Å². The van der Waals surface area contributed by atoms with Gasteiger partial charge in [-0.1, -0.05) is 45.2 Å². The van der Waals surface area contributed by atoms with Crippen LogP contribution in [0.2, 0.25) is 0 Å². The van der Waals surface area contributed by atoms with E-state index in [0.29, 0.717) is 6.10 Å². The van der Waals surface area contributed by atoms with Gasteiger partial charge >= 0.3 is 0 Å². The highest BCUT2D eigenvalue weighted by atomic mass is 127. The zero-order valence-electron chi connectivity index (χ0n) is 7.39. The van der Waals surface area contributed by atoms with Gasteiger partial charge < -0.3 is 9.47 Å². The van der Waals surface area contributed by atoms with Crippen molar-refractivity contribution in [1.82, 2.24) is 0 Å². The van der Waals surface area contributed by atoms with Crippen LogP contribution >= 0.6 is 45.2 Å². The molecule has 0 spiro atoms. The molecule has 0 aliphatic carbocycles. The molecule has 0 amide bonds. The van der Waals surface area contributed by atoms with Crippen LogP contribution in [0.3, 0.4) is 0 Å². The van der Waals surface area contributed by atoms with Gasteiger partial charge in [0.15, 0.2) is 0 Å². The molecule has 0 rings (SSSR count). The van der Waals surface area contributed by atoms with E-state index in [1.54, 1.807) is 0 Å². The highest BCUT2D eigenvalue weighted by Crippen LogP contribution is 2.05. The van der Waals surface area contributed by atoms with Crippen LogP contribution in [0.5, 0.6) is 0 Å². The van der Waals surface area contributed by atoms with Crippen molar-refractivity contribution in [3.63, 3.8) is 0 Å². The molecule has 2 nitrogen and oxygen atoms in total. The van der Waals surface area contributed by atoms with Crippen molar-refractivity contribution in [3.05, 3.63) is 0 Å². The molecule has 1 atom stereocenters. The minimum atomic E-state index is 0.419. The summed E-state index contributed by atoms with van der Waals surface area (Å²) in [5.74, 6) is 0. The number of hydrogen-bond acceptors (Lipinski definition) is 2. The highest BCUT2D eigenvalue weighted by Gasteiger charge is 2.04. The van der Waals surface area contributed by atoms with Crippen molar-refractivity contribution in [2.24, 2.45) is 0 Å². The van der Waals surface area contributed by atoms with Crippen LogP contribution in [0.1, 0.15) is 13.3 Å². The quantitative estimate of drug-likeness (QED) is 0.356. The van der Waals surface area contributed by atoms with Crippen molar-refractivity contribution in [3.8, 4) is 0 Å². The number of ether oxygens (including phenoxy) is 2. The molecule has 0 saturated heterocycles. The first-order valence-corrected chi connectivity index (χ1v) is 7.21. The summed E-state index contributed by atoms with van der Waals surface area (Å²) in [5.41, 5.74) is 0. The van der Waals surface area contributed by atoms with Crippen molar-refractivity contribution in [2.45, 2.75) is 19.4 Å². The lowest BCUT2D eigenvalue weighted by molar-refractivity contribution is 0.0180. The summed E-state index contributed by atoms with van der Waals surface area (Å²) in [6, 6.07) is 0. The van der Waals surface area contributed by atoms with E-state index in [1.807, 2.05) is 6.92 Å². The van der Waals surface area contributed by atoms with Crippen LogP contribution in [0.4, 0.5) is 0 Å². The van der Waals surface area contributed by atoms with E-state index in [9.17, 15) is 0 Å². The van der Waals surface area contributed by atoms with Crippen molar-refractivity contribution in [2.75, 3.05) is 28.7 Å². The largest absolute Gasteiger partial charge is 0.379 e. The summed E-state index contributed by atoms with van der Waals surface area (Å²) >= 11 is 4.74. The van der Waals surface area contributed by atoms with Gasteiger partial charge in [-0.15, -0.1) is 0 Å². The Morgan fingerprint density at radius 2 is 2.00 bits per heavy atom. The molecule has 0 unspecified atom stereocenters. The molecular formula is C8H16I2O2. The van der Waals surface area contributed by atoms with E-state index in [0.717, 1.165) is 30.7 Å². The van der Waals surface area contributed by atoms with Crippen LogP contribution in [-0.2, 0) is 9.47 Å². The minimum absolute atomic E-state index is 0.419. The third-order valence-electron chi connectivity index (χ3n) is 1.39. The molecular weight excluding hydrogens is 382 g/mol. The van der Waals surface area contributed by atoms with Gasteiger partial charge in [0.25, 0.3) is 0 Å². The van der Waals surface area contributed by atoms with Gasteiger partial charge in [-0.05, 0) is 13.3 Å². The van der Waals surface area contributed by atoms with Gasteiger partial charge in [0.2, 0.25) is 0 Å². The molecule has 12 heavy (non-hydrogen) atoms. The molecule has 0 heterocycles. The third-order valence-corrected chi connectivity index (χ3v) is 2.99. The SMILES string of the molecule is CCOCCO[C@H](CI)CCI. The summed E-state index contributed by atoms with van der Waals surface area (Å²) in [7, 11) is 0. The summed E-state index contributed by atoms with van der Waals surface area (Å²) < 4.78 is 13.0. The average Bonchev–Trinajstić information content (AvgIpc) is 2.10. The maximum atomic E-state index is 5.60. The number of hydrogen-bond donors (Lipinski definition) is 0. The van der Waals surface area contributed by atoms with Gasteiger partial charge in [0.05, 0.1) is 19.3 Å². The van der Waals surface area contributed by atoms with E-state index in [4.69, 9.17) is 9.47 Å². The second-order valence-corrected chi connectivity index (χ2v) is 4.28. The normalized spacial score (nSPS) is 13.2. The standard InChI is InChI=1S/C8H16I2O2/c1-2-11-5-6-12-8(7-10)3-4-9/h8H,2-7H2,1H3/t8-/m0/s1. The third kappa shape index (κ3) is 8.00. The molecule has 0 fully saturated rings. The Morgan fingerprint density at radius 1 is 1.25 bits per heavy atom. The van der Waals surface area contributed by atoms with Gasteiger partial charge in [-0.3, -0.25) is 0 Å². The molecule has 74 valence electrons. The molecule has 0 aliphatic rings. The van der Waals surface area contributed by atoms with Gasteiger partial charge in [0, 0.05) is 15.5 Å². The molecule has 0 aromatic heterocycles. The lowest BCUT2D eigenvalue weighted by Gasteiger charge is -2.13. The van der Waals surface area contributed by atoms with E-state index < -0.39 is 0 Å². The number of halogens is 2. The number of rotatable bonds is 8. The second kappa shape index (κ2) is 10.5. The number of alkyl halides is 2. The summed E-state index contributed by atoms with van der Waals surface area (Å²) in [6.07, 6.45) is 1.57. The fourth-order valence-electron chi connectivity index (χ4n) is 0.745. The molecule has 4 heteroatoms. The summed E-state index contributed by atoms with van der Waals surface area (Å²) in [5, 5.41) is 0. The lowest BCUT2D eigenvalue weighted by Crippen LogP contribution is -2.18. The Kier molecular flexibility index (Phi) is 11.7. The fourth-order valence-corrected chi connectivity index (χ4v) is 2.13. The Hall–Kier alpha value is 1.38. The predicted octanol–water partition coefficient (Wildman–Crippen LogP) is 2.67. The van der Waals surface area contributed by atoms with Gasteiger partial charge in [-0.25, -0.2) is 0 Å². The monoisotopic (exact) mass is 398 g/mol. The molecule has 0 saturated carbocycles. The van der Waals surface area contributed by atoms with Crippen LogP contribution in [0.25, 0.3) is 0 Å². The molecule has 0 aromatic carbocycles. The first kappa shape index (κ1) is 13.4. The Balaban J connectivity index is 3.19. The maximum absolute atomic E-state index is 5.60. The highest BCUT2D eigenvalue weighted by molar-refractivity contribution is 14.1. The van der Waals surface area contributed by atoms with Crippen LogP contribution < -0.4 is 0 Å². The zero-order chi connectivity index (χ0) is 9.23. The summed E-state index contributed by atoms with van der Waals surface area (Å²) in [6.45, 7) is 4.24. The maximum Gasteiger partial charge on any atom is 0.0704 e. The predicted molar refractivity (Wildman–Crippen MR) is 68.6 cm³/mol. The zero-order valence-corrected chi connectivity index (χ0v) is 11.7. The molecule has 0 radical (unpaired) electrons. The van der Waals surface area contributed by atoms with Crippen LogP contribution in [0, 0.1) is 0 Å². The second-order valence-electron chi connectivity index (χ2n) is 2.32. The van der Waals surface area contributed by atoms with E-state index in [2.05, 4.69) is 45.2 Å². The molecule has 0 N–H and O–H groups in total. The van der Waals surface area contributed by atoms with Crippen molar-refractivity contribution in [1.29, 1.82) is 0 Å². The van der Waals surface area contributed by atoms with Gasteiger partial charge in [0.1, 0.15) is 0 Å². The van der Waals surface area contributed by atoms with Crippen molar-refractivity contribution < 1.29 is 9.47 Å². The van der Waals surface area contributed by atoms with Crippen LogP contribution in [0.15, 0.2) is 0 Å². The Morgan fingerprint density at radius 3 is 2.50 bits per heavy atom. The van der Waals surface area contributed by atoms with E-state index >= 15 is 0 Å². The summed E-state index contributed by atoms with van der Waals surface area (Å²) in [4.78, 5) is 0. The minimum Gasteiger partial charge on any atom is -0.379 e. The van der Waals surface area contributed by atoms with E-state index in [1.165, 1.54) is 4.43 Å². The average molecular weight is 398 g/mol. The first-order valence-electron chi connectivity index (χ1n) is 4.16. The molecule has 0 aromatic rings. The molecule has 0 aliphatic heterocycles. The fraction of sp³-hybridized carbons (Fsp3) is 1.00. The first-order chi connectivity index (χ1) is 5.85. The van der Waals surface area contributed by atoms with Crippen LogP contribution in [-0.4, -0.2) is 34.8 Å². The molecule has 0 bridgehead atoms. The topological polar surface area (TPSA) is 18.5 Å². The van der Waals surface area contributed by atoms with Crippen molar-refractivity contribution >= 4 is 45.2 Å².